The number of ether oxygens (including phenoxy) is 1. The van der Waals surface area contributed by atoms with E-state index < -0.39 is 0 Å². The van der Waals surface area contributed by atoms with E-state index in [1.165, 1.54) is 96.3 Å². The predicted octanol–water partition coefficient (Wildman–Crippen LogP) is 7.28. The maximum atomic E-state index is 5.89. The van der Waals surface area contributed by atoms with Crippen LogP contribution in [0.3, 0.4) is 0 Å². The van der Waals surface area contributed by atoms with Crippen molar-refractivity contribution in [3.8, 4) is 0 Å². The topological polar surface area (TPSA) is 9.23 Å². The van der Waals surface area contributed by atoms with Gasteiger partial charge in [0.25, 0.3) is 0 Å². The van der Waals surface area contributed by atoms with Crippen LogP contribution in [0.1, 0.15) is 117 Å². The summed E-state index contributed by atoms with van der Waals surface area (Å²) in [5, 5.41) is 0. The Hall–Kier alpha value is -0.0400. The molecule has 0 spiro atoms. The lowest BCUT2D eigenvalue weighted by molar-refractivity contribution is 0.0470. The zero-order valence-corrected chi connectivity index (χ0v) is 15.3. The summed E-state index contributed by atoms with van der Waals surface area (Å²) in [4.78, 5) is 0. The minimum absolute atomic E-state index is 0.538. The highest BCUT2D eigenvalue weighted by Crippen LogP contribution is 2.16. The van der Waals surface area contributed by atoms with E-state index in [4.69, 9.17) is 4.74 Å². The molecule has 1 atom stereocenters. The lowest BCUT2D eigenvalue weighted by Gasteiger charge is -2.16. The van der Waals surface area contributed by atoms with Crippen molar-refractivity contribution < 1.29 is 4.74 Å². The summed E-state index contributed by atoms with van der Waals surface area (Å²) >= 11 is 0. The summed E-state index contributed by atoms with van der Waals surface area (Å²) in [7, 11) is 0. The van der Waals surface area contributed by atoms with Crippen LogP contribution in [0.15, 0.2) is 0 Å². The molecule has 0 bridgehead atoms. The van der Waals surface area contributed by atoms with E-state index in [2.05, 4.69) is 20.8 Å². The Morgan fingerprint density at radius 3 is 1.33 bits per heavy atom. The van der Waals surface area contributed by atoms with Gasteiger partial charge in [0, 0.05) is 6.61 Å². The highest BCUT2D eigenvalue weighted by molar-refractivity contribution is 4.60. The van der Waals surface area contributed by atoms with Gasteiger partial charge in [0.1, 0.15) is 0 Å². The molecular formula is C20H42O. The summed E-state index contributed by atoms with van der Waals surface area (Å²) in [6.45, 7) is 7.59. The molecule has 1 unspecified atom stereocenters. The van der Waals surface area contributed by atoms with Crippen molar-refractivity contribution in [2.45, 2.75) is 123 Å². The van der Waals surface area contributed by atoms with Gasteiger partial charge in [-0.1, -0.05) is 97.3 Å². The van der Waals surface area contributed by atoms with E-state index >= 15 is 0 Å². The fourth-order valence-corrected chi connectivity index (χ4v) is 3.03. The largest absolute Gasteiger partial charge is 0.379 e. The molecule has 0 heterocycles. The summed E-state index contributed by atoms with van der Waals surface area (Å²) in [6, 6.07) is 0. The minimum atomic E-state index is 0.538. The Balaban J connectivity index is 3.38. The molecule has 0 fully saturated rings. The first kappa shape index (κ1) is 21.0. The fraction of sp³-hybridized carbons (Fsp3) is 1.00. The number of hydrogen-bond donors (Lipinski definition) is 0. The summed E-state index contributed by atoms with van der Waals surface area (Å²) in [5.74, 6) is 0. The second-order valence-corrected chi connectivity index (χ2v) is 6.54. The standard InChI is InChI=1S/C20H42O/c1-4-7-9-11-12-13-14-15-17-19-20(21-6-3)18-16-10-8-5-2/h20H,4-19H2,1-3H3. The van der Waals surface area contributed by atoms with Gasteiger partial charge in [-0.3, -0.25) is 0 Å². The zero-order chi connectivity index (χ0) is 15.6. The van der Waals surface area contributed by atoms with Crippen molar-refractivity contribution in [2.75, 3.05) is 6.61 Å². The molecule has 0 aliphatic heterocycles. The second-order valence-electron chi connectivity index (χ2n) is 6.54. The van der Waals surface area contributed by atoms with Crippen LogP contribution in [-0.2, 0) is 4.74 Å². The summed E-state index contributed by atoms with van der Waals surface area (Å²) in [6.07, 6.45) is 21.4. The molecule has 0 aromatic carbocycles. The molecule has 0 aliphatic rings. The Bertz CT molecular complexity index is 179. The third-order valence-corrected chi connectivity index (χ3v) is 4.41. The van der Waals surface area contributed by atoms with Crippen LogP contribution in [0.4, 0.5) is 0 Å². The first-order valence-corrected chi connectivity index (χ1v) is 9.96. The lowest BCUT2D eigenvalue weighted by atomic mass is 10.0. The molecule has 0 aliphatic carbocycles. The van der Waals surface area contributed by atoms with Crippen LogP contribution in [0.25, 0.3) is 0 Å². The zero-order valence-electron chi connectivity index (χ0n) is 15.3. The quantitative estimate of drug-likeness (QED) is 0.256. The molecule has 1 heteroatoms. The Morgan fingerprint density at radius 1 is 0.524 bits per heavy atom. The normalized spacial score (nSPS) is 12.7. The SMILES string of the molecule is CCCCCCCCCCCC(CCCCCC)OCC. The minimum Gasteiger partial charge on any atom is -0.379 e. The van der Waals surface area contributed by atoms with Crippen molar-refractivity contribution in [3.05, 3.63) is 0 Å². The Kier molecular flexibility index (Phi) is 18.0. The van der Waals surface area contributed by atoms with Crippen LogP contribution in [-0.4, -0.2) is 12.7 Å². The fourth-order valence-electron chi connectivity index (χ4n) is 3.03. The van der Waals surface area contributed by atoms with Crippen molar-refractivity contribution in [2.24, 2.45) is 0 Å². The van der Waals surface area contributed by atoms with Gasteiger partial charge in [-0.25, -0.2) is 0 Å². The molecule has 0 aromatic rings. The third-order valence-electron chi connectivity index (χ3n) is 4.41. The molecule has 1 nitrogen and oxygen atoms in total. The molecule has 0 amide bonds. The van der Waals surface area contributed by atoms with Gasteiger partial charge < -0.3 is 4.74 Å². The van der Waals surface area contributed by atoms with E-state index in [1.54, 1.807) is 0 Å². The number of hydrogen-bond acceptors (Lipinski definition) is 1. The predicted molar refractivity (Wildman–Crippen MR) is 96.0 cm³/mol. The van der Waals surface area contributed by atoms with Gasteiger partial charge in [0.15, 0.2) is 0 Å². The van der Waals surface area contributed by atoms with Gasteiger partial charge in [-0.2, -0.15) is 0 Å². The van der Waals surface area contributed by atoms with Crippen LogP contribution in [0.2, 0.25) is 0 Å². The van der Waals surface area contributed by atoms with Gasteiger partial charge in [-0.05, 0) is 19.8 Å². The third kappa shape index (κ3) is 16.2. The van der Waals surface area contributed by atoms with E-state index in [9.17, 15) is 0 Å². The van der Waals surface area contributed by atoms with Crippen molar-refractivity contribution in [3.63, 3.8) is 0 Å². The first-order valence-electron chi connectivity index (χ1n) is 9.96. The second kappa shape index (κ2) is 18.0. The molecule has 0 N–H and O–H groups in total. The van der Waals surface area contributed by atoms with E-state index in [-0.39, 0.29) is 0 Å². The van der Waals surface area contributed by atoms with Crippen LogP contribution < -0.4 is 0 Å². The maximum absolute atomic E-state index is 5.89. The van der Waals surface area contributed by atoms with Gasteiger partial charge in [0.2, 0.25) is 0 Å². The molecule has 0 saturated carbocycles. The average Bonchev–Trinajstić information content (AvgIpc) is 2.49. The van der Waals surface area contributed by atoms with Crippen LogP contribution in [0.5, 0.6) is 0 Å². The lowest BCUT2D eigenvalue weighted by Crippen LogP contribution is -2.12. The van der Waals surface area contributed by atoms with E-state index in [1.807, 2.05) is 0 Å². The Morgan fingerprint density at radius 2 is 0.905 bits per heavy atom. The maximum Gasteiger partial charge on any atom is 0.0575 e. The van der Waals surface area contributed by atoms with Gasteiger partial charge in [0.05, 0.1) is 6.10 Å². The van der Waals surface area contributed by atoms with Gasteiger partial charge in [-0.15, -0.1) is 0 Å². The molecule has 0 aromatic heterocycles. The van der Waals surface area contributed by atoms with Crippen molar-refractivity contribution in [1.29, 1.82) is 0 Å². The molecule has 0 radical (unpaired) electrons. The highest BCUT2D eigenvalue weighted by atomic mass is 16.5. The van der Waals surface area contributed by atoms with Crippen LogP contribution in [0, 0.1) is 0 Å². The van der Waals surface area contributed by atoms with Crippen molar-refractivity contribution in [1.82, 2.24) is 0 Å². The number of rotatable bonds is 17. The molecule has 0 saturated heterocycles. The first-order chi connectivity index (χ1) is 10.3. The highest BCUT2D eigenvalue weighted by Gasteiger charge is 2.07. The van der Waals surface area contributed by atoms with Gasteiger partial charge >= 0.3 is 0 Å². The number of unbranched alkanes of at least 4 members (excludes halogenated alkanes) is 11. The monoisotopic (exact) mass is 298 g/mol. The average molecular weight is 299 g/mol. The summed E-state index contributed by atoms with van der Waals surface area (Å²) < 4.78 is 5.89. The van der Waals surface area contributed by atoms with E-state index in [0.717, 1.165) is 6.61 Å². The molecule has 0 rings (SSSR count). The van der Waals surface area contributed by atoms with Crippen LogP contribution >= 0.6 is 0 Å². The smallest absolute Gasteiger partial charge is 0.0575 e. The molecule has 128 valence electrons. The Labute approximate surface area is 135 Å². The van der Waals surface area contributed by atoms with E-state index in [0.29, 0.717) is 6.10 Å². The molecular weight excluding hydrogens is 256 g/mol. The van der Waals surface area contributed by atoms with Crippen molar-refractivity contribution >= 4 is 0 Å². The summed E-state index contributed by atoms with van der Waals surface area (Å²) in [5.41, 5.74) is 0. The molecule has 21 heavy (non-hydrogen) atoms.